The van der Waals surface area contributed by atoms with E-state index in [0.29, 0.717) is 11.4 Å². The molecule has 0 aliphatic heterocycles. The first-order valence-electron chi connectivity index (χ1n) is 6.26. The van der Waals surface area contributed by atoms with Crippen molar-refractivity contribution in [3.8, 4) is 0 Å². The molecule has 0 aromatic heterocycles. The maximum atomic E-state index is 12.2. The summed E-state index contributed by atoms with van der Waals surface area (Å²) < 4.78 is 0. The third-order valence-electron chi connectivity index (χ3n) is 2.79. The highest BCUT2D eigenvalue weighted by Crippen LogP contribution is 2.16. The molecule has 100 valence electrons. The van der Waals surface area contributed by atoms with E-state index in [9.17, 15) is 4.79 Å². The molecule has 2 nitrogen and oxygen atoms in total. The first-order valence-corrected chi connectivity index (χ1v) is 7.76. The number of carbonyl (C=O) groups is 1. The molecule has 0 spiro atoms. The van der Waals surface area contributed by atoms with Crippen LogP contribution >= 0.6 is 27.5 Å². The minimum atomic E-state index is 0.149. The second-order valence-electron chi connectivity index (χ2n) is 4.19. The highest BCUT2D eigenvalue weighted by Gasteiger charge is 2.14. The van der Waals surface area contributed by atoms with Gasteiger partial charge in [-0.15, -0.1) is 0 Å². The van der Waals surface area contributed by atoms with Crippen LogP contribution in [0.3, 0.4) is 0 Å². The molecule has 18 heavy (non-hydrogen) atoms. The van der Waals surface area contributed by atoms with Crippen LogP contribution in [0.5, 0.6) is 0 Å². The fraction of sp³-hybridized carbons (Fsp3) is 0.500. The molecular formula is C14H19BrClNO. The van der Waals surface area contributed by atoms with Crippen LogP contribution in [0.4, 0.5) is 0 Å². The molecule has 0 radical (unpaired) electrons. The molecule has 0 fully saturated rings. The fourth-order valence-corrected chi connectivity index (χ4v) is 2.36. The summed E-state index contributed by atoms with van der Waals surface area (Å²) in [4.78, 5) is 14.1. The Labute approximate surface area is 122 Å². The van der Waals surface area contributed by atoms with Gasteiger partial charge in [-0.25, -0.2) is 0 Å². The normalized spacial score (nSPS) is 10.4. The number of unbranched alkanes of at least 4 members (excludes halogenated alkanes) is 1. The molecule has 0 aliphatic rings. The minimum Gasteiger partial charge on any atom is -0.342 e. The Morgan fingerprint density at radius 1 is 1.33 bits per heavy atom. The van der Waals surface area contributed by atoms with Gasteiger partial charge in [-0.2, -0.15) is 0 Å². The lowest BCUT2D eigenvalue weighted by atomic mass is 10.1. The number of carbonyl (C=O) groups excluding carboxylic acids is 1. The molecule has 0 aliphatic carbocycles. The van der Waals surface area contributed by atoms with Gasteiger partial charge in [-0.3, -0.25) is 4.79 Å². The van der Waals surface area contributed by atoms with Crippen LogP contribution < -0.4 is 0 Å². The second kappa shape index (κ2) is 8.54. The SMILES string of the molecule is CCCCN(CCBr)C(=O)Cc1ccccc1Cl. The second-order valence-corrected chi connectivity index (χ2v) is 5.39. The van der Waals surface area contributed by atoms with Crippen LogP contribution in [0.15, 0.2) is 24.3 Å². The van der Waals surface area contributed by atoms with Gasteiger partial charge in [0, 0.05) is 23.4 Å². The van der Waals surface area contributed by atoms with Gasteiger partial charge in [0.2, 0.25) is 5.91 Å². The zero-order chi connectivity index (χ0) is 13.4. The predicted molar refractivity (Wildman–Crippen MR) is 80.4 cm³/mol. The number of benzene rings is 1. The molecule has 1 aromatic carbocycles. The van der Waals surface area contributed by atoms with Gasteiger partial charge < -0.3 is 4.90 Å². The number of halogens is 2. The van der Waals surface area contributed by atoms with Crippen molar-refractivity contribution < 1.29 is 4.79 Å². The molecule has 1 rings (SSSR count). The van der Waals surface area contributed by atoms with E-state index in [1.54, 1.807) is 0 Å². The summed E-state index contributed by atoms with van der Waals surface area (Å²) >= 11 is 9.46. The highest BCUT2D eigenvalue weighted by atomic mass is 79.9. The summed E-state index contributed by atoms with van der Waals surface area (Å²) in [6, 6.07) is 7.52. The topological polar surface area (TPSA) is 20.3 Å². The van der Waals surface area contributed by atoms with Crippen molar-refractivity contribution in [1.29, 1.82) is 0 Å². The Kier molecular flexibility index (Phi) is 7.36. The van der Waals surface area contributed by atoms with Gasteiger partial charge in [-0.1, -0.05) is 59.1 Å². The Bertz CT molecular complexity index is 384. The van der Waals surface area contributed by atoms with E-state index >= 15 is 0 Å². The van der Waals surface area contributed by atoms with Crippen molar-refractivity contribution in [1.82, 2.24) is 4.90 Å². The summed E-state index contributed by atoms with van der Waals surface area (Å²) in [5.74, 6) is 0.149. The van der Waals surface area contributed by atoms with E-state index < -0.39 is 0 Å². The van der Waals surface area contributed by atoms with Crippen LogP contribution in [-0.2, 0) is 11.2 Å². The molecule has 4 heteroatoms. The van der Waals surface area contributed by atoms with E-state index in [1.165, 1.54) is 0 Å². The van der Waals surface area contributed by atoms with Crippen molar-refractivity contribution >= 4 is 33.4 Å². The van der Waals surface area contributed by atoms with Crippen molar-refractivity contribution in [3.63, 3.8) is 0 Å². The van der Waals surface area contributed by atoms with E-state index in [1.807, 2.05) is 29.2 Å². The Morgan fingerprint density at radius 2 is 2.06 bits per heavy atom. The third-order valence-corrected chi connectivity index (χ3v) is 3.51. The summed E-state index contributed by atoms with van der Waals surface area (Å²) in [5, 5.41) is 1.48. The van der Waals surface area contributed by atoms with E-state index in [-0.39, 0.29) is 5.91 Å². The minimum absolute atomic E-state index is 0.149. The van der Waals surface area contributed by atoms with E-state index in [0.717, 1.165) is 36.8 Å². The largest absolute Gasteiger partial charge is 0.342 e. The van der Waals surface area contributed by atoms with Crippen LogP contribution in [0.25, 0.3) is 0 Å². The Morgan fingerprint density at radius 3 is 2.67 bits per heavy atom. The van der Waals surface area contributed by atoms with Crippen LogP contribution in [0.2, 0.25) is 5.02 Å². The number of nitrogens with zero attached hydrogens (tertiary/aromatic N) is 1. The highest BCUT2D eigenvalue weighted by molar-refractivity contribution is 9.09. The maximum Gasteiger partial charge on any atom is 0.227 e. The number of hydrogen-bond donors (Lipinski definition) is 0. The third kappa shape index (κ3) is 4.99. The number of rotatable bonds is 7. The molecule has 0 unspecified atom stereocenters. The lowest BCUT2D eigenvalue weighted by Gasteiger charge is -2.21. The van der Waals surface area contributed by atoms with Crippen molar-refractivity contribution in [2.75, 3.05) is 18.4 Å². The van der Waals surface area contributed by atoms with Crippen molar-refractivity contribution in [2.24, 2.45) is 0 Å². The van der Waals surface area contributed by atoms with Crippen LogP contribution in [0.1, 0.15) is 25.3 Å². The van der Waals surface area contributed by atoms with Crippen molar-refractivity contribution in [2.45, 2.75) is 26.2 Å². The first kappa shape index (κ1) is 15.5. The molecule has 0 atom stereocenters. The molecule has 1 amide bonds. The molecule has 0 bridgehead atoms. The Hall–Kier alpha value is -0.540. The van der Waals surface area contributed by atoms with Gasteiger partial charge in [-0.05, 0) is 18.1 Å². The molecule has 0 heterocycles. The van der Waals surface area contributed by atoms with Crippen LogP contribution in [-0.4, -0.2) is 29.2 Å². The van der Waals surface area contributed by atoms with Gasteiger partial charge >= 0.3 is 0 Å². The summed E-state index contributed by atoms with van der Waals surface area (Å²) in [6.45, 7) is 3.71. The number of amides is 1. The first-order chi connectivity index (χ1) is 8.69. The van der Waals surface area contributed by atoms with Gasteiger partial charge in [0.1, 0.15) is 0 Å². The predicted octanol–water partition coefficient (Wildman–Crippen LogP) is 3.91. The van der Waals surface area contributed by atoms with Gasteiger partial charge in [0.05, 0.1) is 6.42 Å². The molecule has 0 N–H and O–H groups in total. The van der Waals surface area contributed by atoms with Crippen molar-refractivity contribution in [3.05, 3.63) is 34.9 Å². The van der Waals surface area contributed by atoms with E-state index in [2.05, 4.69) is 22.9 Å². The molecular weight excluding hydrogens is 314 g/mol. The smallest absolute Gasteiger partial charge is 0.227 e. The average molecular weight is 333 g/mol. The number of alkyl halides is 1. The standard InChI is InChI=1S/C14H19BrClNO/c1-2-3-9-17(10-8-15)14(18)11-12-6-4-5-7-13(12)16/h4-7H,2-3,8-11H2,1H3. The lowest BCUT2D eigenvalue weighted by molar-refractivity contribution is -0.130. The number of hydrogen-bond acceptors (Lipinski definition) is 1. The summed E-state index contributed by atoms with van der Waals surface area (Å²) in [7, 11) is 0. The zero-order valence-corrected chi connectivity index (χ0v) is 13.0. The lowest BCUT2D eigenvalue weighted by Crippen LogP contribution is -2.34. The molecule has 0 saturated carbocycles. The Balaban J connectivity index is 2.63. The summed E-state index contributed by atoms with van der Waals surface area (Å²) in [5.41, 5.74) is 0.903. The molecule has 0 saturated heterocycles. The quantitative estimate of drug-likeness (QED) is 0.693. The monoisotopic (exact) mass is 331 g/mol. The van der Waals surface area contributed by atoms with Gasteiger partial charge in [0.25, 0.3) is 0 Å². The fourth-order valence-electron chi connectivity index (χ4n) is 1.73. The molecule has 1 aromatic rings. The van der Waals surface area contributed by atoms with Gasteiger partial charge in [0.15, 0.2) is 0 Å². The average Bonchev–Trinajstić information content (AvgIpc) is 2.37. The van der Waals surface area contributed by atoms with E-state index in [4.69, 9.17) is 11.6 Å². The summed E-state index contributed by atoms with van der Waals surface area (Å²) in [6.07, 6.45) is 2.52. The maximum absolute atomic E-state index is 12.2. The van der Waals surface area contributed by atoms with Crippen LogP contribution in [0, 0.1) is 0 Å². The zero-order valence-electron chi connectivity index (χ0n) is 10.7.